The SMILES string of the molecule is Oc1[c]cc(C23CC4CC(CC(C4)C2)C3)c(O)c1. The highest BCUT2D eigenvalue weighted by Crippen LogP contribution is 2.61. The summed E-state index contributed by atoms with van der Waals surface area (Å²) in [4.78, 5) is 0. The Labute approximate surface area is 108 Å². The van der Waals surface area contributed by atoms with Gasteiger partial charge in [-0.05, 0) is 67.8 Å². The predicted octanol–water partition coefficient (Wildman–Crippen LogP) is 3.37. The molecule has 0 heterocycles. The minimum absolute atomic E-state index is 0.0426. The summed E-state index contributed by atoms with van der Waals surface area (Å²) < 4.78 is 0. The van der Waals surface area contributed by atoms with Gasteiger partial charge < -0.3 is 10.2 Å². The van der Waals surface area contributed by atoms with Crippen LogP contribution in [0.3, 0.4) is 0 Å². The van der Waals surface area contributed by atoms with Crippen LogP contribution in [0.15, 0.2) is 12.1 Å². The molecule has 2 N–H and O–H groups in total. The second-order valence-electron chi connectivity index (χ2n) is 6.82. The van der Waals surface area contributed by atoms with Crippen LogP contribution >= 0.6 is 0 Å². The molecule has 1 radical (unpaired) electrons. The standard InChI is InChI=1S/C16H19O2/c17-13-1-2-14(15(18)6-13)16-7-10-3-11(8-16)5-12(4-10)9-16/h2,6,10-12,17-18H,3-5,7-9H2. The molecule has 4 aliphatic carbocycles. The van der Waals surface area contributed by atoms with Gasteiger partial charge in [-0.25, -0.2) is 0 Å². The summed E-state index contributed by atoms with van der Waals surface area (Å²) in [5, 5.41) is 19.6. The van der Waals surface area contributed by atoms with E-state index < -0.39 is 0 Å². The third-order valence-electron chi connectivity index (χ3n) is 5.52. The quantitative estimate of drug-likeness (QED) is 0.794. The number of phenolic OH excluding ortho intramolecular Hbond substituents is 2. The maximum absolute atomic E-state index is 10.2. The molecule has 0 amide bonds. The lowest BCUT2D eigenvalue weighted by Gasteiger charge is -2.57. The summed E-state index contributed by atoms with van der Waals surface area (Å²) in [6, 6.07) is 6.14. The zero-order valence-electron chi connectivity index (χ0n) is 10.5. The van der Waals surface area contributed by atoms with Crippen molar-refractivity contribution in [1.82, 2.24) is 0 Å². The number of rotatable bonds is 1. The van der Waals surface area contributed by atoms with Gasteiger partial charge in [0.05, 0.1) is 0 Å². The third kappa shape index (κ3) is 1.41. The monoisotopic (exact) mass is 243 g/mol. The number of benzene rings is 1. The topological polar surface area (TPSA) is 40.5 Å². The fourth-order valence-corrected chi connectivity index (χ4v) is 5.33. The van der Waals surface area contributed by atoms with Crippen LogP contribution in [0.5, 0.6) is 11.5 Å². The molecule has 2 heteroatoms. The van der Waals surface area contributed by atoms with Gasteiger partial charge >= 0.3 is 0 Å². The van der Waals surface area contributed by atoms with Crippen molar-refractivity contribution in [3.63, 3.8) is 0 Å². The Morgan fingerprint density at radius 1 is 1.00 bits per heavy atom. The normalized spacial score (nSPS) is 41.2. The van der Waals surface area contributed by atoms with E-state index in [0.717, 1.165) is 23.3 Å². The van der Waals surface area contributed by atoms with Gasteiger partial charge in [0.2, 0.25) is 0 Å². The Morgan fingerprint density at radius 3 is 2.06 bits per heavy atom. The van der Waals surface area contributed by atoms with Crippen LogP contribution in [0, 0.1) is 23.8 Å². The molecule has 4 fully saturated rings. The van der Waals surface area contributed by atoms with Crippen molar-refractivity contribution in [3.05, 3.63) is 23.8 Å². The molecule has 0 atom stereocenters. The molecule has 0 aromatic heterocycles. The van der Waals surface area contributed by atoms with Crippen LogP contribution in [0.1, 0.15) is 44.1 Å². The van der Waals surface area contributed by atoms with Gasteiger partial charge in [0.1, 0.15) is 11.5 Å². The Morgan fingerprint density at radius 2 is 1.56 bits per heavy atom. The van der Waals surface area contributed by atoms with E-state index in [4.69, 9.17) is 0 Å². The first-order valence-electron chi connectivity index (χ1n) is 7.09. The van der Waals surface area contributed by atoms with Crippen molar-refractivity contribution in [2.45, 2.75) is 43.9 Å². The minimum atomic E-state index is 0.0426. The first kappa shape index (κ1) is 10.7. The van der Waals surface area contributed by atoms with E-state index in [-0.39, 0.29) is 16.9 Å². The van der Waals surface area contributed by atoms with Crippen LogP contribution in [0.2, 0.25) is 0 Å². The molecule has 18 heavy (non-hydrogen) atoms. The van der Waals surface area contributed by atoms with Crippen LogP contribution in [0.4, 0.5) is 0 Å². The number of hydrogen-bond acceptors (Lipinski definition) is 2. The van der Waals surface area contributed by atoms with E-state index in [9.17, 15) is 10.2 Å². The molecular formula is C16H19O2. The molecule has 1 aromatic rings. The van der Waals surface area contributed by atoms with E-state index in [2.05, 4.69) is 6.07 Å². The Kier molecular flexibility index (Phi) is 2.04. The molecule has 0 unspecified atom stereocenters. The van der Waals surface area contributed by atoms with Crippen LogP contribution in [0.25, 0.3) is 0 Å². The Bertz CT molecular complexity index is 457. The van der Waals surface area contributed by atoms with Gasteiger partial charge in [-0.1, -0.05) is 0 Å². The molecule has 5 rings (SSSR count). The van der Waals surface area contributed by atoms with Crippen molar-refractivity contribution in [2.24, 2.45) is 17.8 Å². The second-order valence-corrected chi connectivity index (χ2v) is 6.82. The molecule has 95 valence electrons. The summed E-state index contributed by atoms with van der Waals surface area (Å²) in [5.41, 5.74) is 1.22. The van der Waals surface area contributed by atoms with Gasteiger partial charge in [-0.3, -0.25) is 0 Å². The van der Waals surface area contributed by atoms with Crippen LogP contribution in [-0.2, 0) is 5.41 Å². The lowest BCUT2D eigenvalue weighted by atomic mass is 9.48. The summed E-state index contributed by atoms with van der Waals surface area (Å²) in [7, 11) is 0. The lowest BCUT2D eigenvalue weighted by Crippen LogP contribution is -2.48. The first-order chi connectivity index (χ1) is 8.64. The molecule has 2 nitrogen and oxygen atoms in total. The van der Waals surface area contributed by atoms with Crippen molar-refractivity contribution in [1.29, 1.82) is 0 Å². The molecule has 0 saturated heterocycles. The maximum Gasteiger partial charge on any atom is 0.127 e. The molecule has 0 spiro atoms. The molecule has 4 bridgehead atoms. The second kappa shape index (κ2) is 3.43. The van der Waals surface area contributed by atoms with E-state index in [1.807, 2.05) is 6.07 Å². The fraction of sp³-hybridized carbons (Fsp3) is 0.625. The molecule has 4 saturated carbocycles. The zero-order chi connectivity index (χ0) is 12.3. The Hall–Kier alpha value is -1.18. The highest BCUT2D eigenvalue weighted by molar-refractivity contribution is 5.44. The van der Waals surface area contributed by atoms with E-state index in [1.165, 1.54) is 44.6 Å². The number of aromatic hydroxyl groups is 2. The van der Waals surface area contributed by atoms with Crippen molar-refractivity contribution >= 4 is 0 Å². The number of phenols is 2. The van der Waals surface area contributed by atoms with Crippen molar-refractivity contribution in [3.8, 4) is 11.5 Å². The molecule has 0 aliphatic heterocycles. The van der Waals surface area contributed by atoms with Gasteiger partial charge in [0, 0.05) is 17.7 Å². The lowest BCUT2D eigenvalue weighted by molar-refractivity contribution is -0.00615. The van der Waals surface area contributed by atoms with Crippen molar-refractivity contribution < 1.29 is 10.2 Å². The van der Waals surface area contributed by atoms with Crippen LogP contribution in [-0.4, -0.2) is 10.2 Å². The summed E-state index contributed by atoms with van der Waals surface area (Å²) in [5.74, 6) is 2.91. The van der Waals surface area contributed by atoms with Gasteiger partial charge in [-0.15, -0.1) is 0 Å². The Balaban J connectivity index is 1.79. The zero-order valence-corrected chi connectivity index (χ0v) is 10.5. The first-order valence-corrected chi connectivity index (χ1v) is 7.09. The number of hydrogen-bond donors (Lipinski definition) is 2. The summed E-state index contributed by atoms with van der Waals surface area (Å²) in [6.45, 7) is 0. The fourth-order valence-electron chi connectivity index (χ4n) is 5.33. The van der Waals surface area contributed by atoms with Crippen molar-refractivity contribution in [2.75, 3.05) is 0 Å². The van der Waals surface area contributed by atoms with Crippen LogP contribution < -0.4 is 0 Å². The molecule has 4 aliphatic rings. The smallest absolute Gasteiger partial charge is 0.127 e. The van der Waals surface area contributed by atoms with Gasteiger partial charge in [0.15, 0.2) is 0 Å². The molecule has 1 aromatic carbocycles. The highest BCUT2D eigenvalue weighted by atomic mass is 16.3. The van der Waals surface area contributed by atoms with E-state index in [0.29, 0.717) is 0 Å². The average molecular weight is 243 g/mol. The van der Waals surface area contributed by atoms with Gasteiger partial charge in [-0.2, -0.15) is 0 Å². The average Bonchev–Trinajstić information content (AvgIpc) is 2.26. The third-order valence-corrected chi connectivity index (χ3v) is 5.52. The summed E-state index contributed by atoms with van der Waals surface area (Å²) >= 11 is 0. The van der Waals surface area contributed by atoms with E-state index >= 15 is 0 Å². The summed E-state index contributed by atoms with van der Waals surface area (Å²) in [6.07, 6.45) is 7.90. The van der Waals surface area contributed by atoms with E-state index in [1.54, 1.807) is 0 Å². The largest absolute Gasteiger partial charge is 0.508 e. The highest BCUT2D eigenvalue weighted by Gasteiger charge is 2.52. The predicted molar refractivity (Wildman–Crippen MR) is 68.5 cm³/mol. The van der Waals surface area contributed by atoms with Gasteiger partial charge in [0.25, 0.3) is 0 Å². The maximum atomic E-state index is 10.2. The minimum Gasteiger partial charge on any atom is -0.508 e. The molecular weight excluding hydrogens is 224 g/mol.